The number of ether oxygens (including phenoxy) is 1. The van der Waals surface area contributed by atoms with Gasteiger partial charge in [0.2, 0.25) is 0 Å². The van der Waals surface area contributed by atoms with Crippen molar-refractivity contribution < 1.29 is 14.5 Å². The minimum Gasteiger partial charge on any atom is -0.398 e. The highest BCUT2D eigenvalue weighted by Crippen LogP contribution is 2.42. The van der Waals surface area contributed by atoms with Crippen LogP contribution >= 0.6 is 0 Å². The summed E-state index contributed by atoms with van der Waals surface area (Å²) in [5.41, 5.74) is 7.18. The number of rotatable bonds is 4. The molecule has 1 fully saturated rings. The van der Waals surface area contributed by atoms with Crippen molar-refractivity contribution in [3.63, 3.8) is 0 Å². The van der Waals surface area contributed by atoms with E-state index in [1.807, 2.05) is 0 Å². The van der Waals surface area contributed by atoms with E-state index < -0.39 is 17.1 Å². The van der Waals surface area contributed by atoms with Gasteiger partial charge < -0.3 is 10.5 Å². The molecule has 1 aliphatic rings. The number of carbonyl (C=O) groups excluding carboxylic acids is 1. The van der Waals surface area contributed by atoms with Gasteiger partial charge in [-0.3, -0.25) is 14.9 Å². The second-order valence-corrected chi connectivity index (χ2v) is 4.78. The molecule has 2 aromatic carbocycles. The van der Waals surface area contributed by atoms with E-state index in [0.29, 0.717) is 16.8 Å². The van der Waals surface area contributed by atoms with Crippen LogP contribution in [0.3, 0.4) is 0 Å². The lowest BCUT2D eigenvalue weighted by Crippen LogP contribution is -2.10. The number of carbonyl (C=O) groups is 1. The number of ketones is 1. The number of anilines is 1. The summed E-state index contributed by atoms with van der Waals surface area (Å²) in [6, 6.07) is 12.9. The fourth-order valence-corrected chi connectivity index (χ4v) is 2.26. The number of nitrogens with two attached hydrogens (primary N) is 1. The number of hydrogen-bond acceptors (Lipinski definition) is 5. The zero-order valence-corrected chi connectivity index (χ0v) is 10.9. The van der Waals surface area contributed by atoms with Crippen LogP contribution in [0.4, 0.5) is 11.4 Å². The van der Waals surface area contributed by atoms with Crippen LogP contribution < -0.4 is 5.73 Å². The first-order chi connectivity index (χ1) is 10.1. The summed E-state index contributed by atoms with van der Waals surface area (Å²) >= 11 is 0. The number of nitrogens with zero attached hydrogens (tertiary/aromatic N) is 1. The molecule has 0 aliphatic carbocycles. The Hall–Kier alpha value is -2.73. The van der Waals surface area contributed by atoms with Gasteiger partial charge in [0.1, 0.15) is 6.10 Å². The molecule has 0 saturated carbocycles. The van der Waals surface area contributed by atoms with Gasteiger partial charge in [0, 0.05) is 23.4 Å². The Morgan fingerprint density at radius 3 is 2.67 bits per heavy atom. The smallest absolute Gasteiger partial charge is 0.269 e. The molecule has 6 heteroatoms. The summed E-state index contributed by atoms with van der Waals surface area (Å²) < 4.78 is 5.38. The molecule has 3 rings (SSSR count). The van der Waals surface area contributed by atoms with Crippen LogP contribution in [-0.4, -0.2) is 16.8 Å². The number of non-ortho nitro benzene ring substituents is 1. The molecule has 1 aliphatic heterocycles. The second-order valence-electron chi connectivity index (χ2n) is 4.78. The minimum absolute atomic E-state index is 0.0200. The van der Waals surface area contributed by atoms with Gasteiger partial charge >= 0.3 is 0 Å². The highest BCUT2D eigenvalue weighted by molar-refractivity contribution is 6.05. The quantitative estimate of drug-likeness (QED) is 0.306. The van der Waals surface area contributed by atoms with Crippen LogP contribution in [0.2, 0.25) is 0 Å². The lowest BCUT2D eigenvalue weighted by atomic mass is 10.0. The molecule has 0 aromatic heterocycles. The van der Waals surface area contributed by atoms with Gasteiger partial charge in [0.05, 0.1) is 4.92 Å². The minimum atomic E-state index is -0.628. The van der Waals surface area contributed by atoms with Crippen LogP contribution in [0.1, 0.15) is 22.0 Å². The number of hydrogen-bond donors (Lipinski definition) is 1. The molecule has 0 amide bonds. The molecular formula is C15H12N2O4. The summed E-state index contributed by atoms with van der Waals surface area (Å²) in [5.74, 6) is -0.204. The normalized spacial score (nSPS) is 20.0. The molecule has 1 saturated heterocycles. The van der Waals surface area contributed by atoms with Crippen molar-refractivity contribution in [3.05, 3.63) is 69.8 Å². The van der Waals surface area contributed by atoms with Crippen LogP contribution in [-0.2, 0) is 4.74 Å². The summed E-state index contributed by atoms with van der Waals surface area (Å²) in [6.07, 6.45) is -1.08. The Morgan fingerprint density at radius 1 is 1.19 bits per heavy atom. The monoisotopic (exact) mass is 284 g/mol. The Kier molecular flexibility index (Phi) is 3.15. The van der Waals surface area contributed by atoms with E-state index in [2.05, 4.69) is 0 Å². The van der Waals surface area contributed by atoms with Crippen LogP contribution in [0.25, 0.3) is 0 Å². The molecule has 2 N–H and O–H groups in total. The number of benzene rings is 2. The molecule has 2 aromatic rings. The number of epoxide rings is 1. The number of nitro groups is 1. The number of nitro benzene ring substituents is 1. The van der Waals surface area contributed by atoms with Crippen molar-refractivity contribution in [3.8, 4) is 0 Å². The molecule has 0 radical (unpaired) electrons. The summed E-state index contributed by atoms with van der Waals surface area (Å²) in [6.45, 7) is 0. The largest absolute Gasteiger partial charge is 0.398 e. The average molecular weight is 284 g/mol. The summed E-state index contributed by atoms with van der Waals surface area (Å²) in [5, 5.41) is 10.8. The predicted molar refractivity (Wildman–Crippen MR) is 75.9 cm³/mol. The summed E-state index contributed by atoms with van der Waals surface area (Å²) in [4.78, 5) is 22.6. The predicted octanol–water partition coefficient (Wildman–Crippen LogP) is 2.50. The Morgan fingerprint density at radius 2 is 1.95 bits per heavy atom. The van der Waals surface area contributed by atoms with E-state index in [0.717, 1.165) is 0 Å². The SMILES string of the molecule is Nc1ccccc1C(=O)C1OC1c1cccc([N+](=O)[O-])c1. The molecule has 2 atom stereocenters. The second kappa shape index (κ2) is 4.99. The van der Waals surface area contributed by atoms with Gasteiger partial charge in [0.15, 0.2) is 11.9 Å². The van der Waals surface area contributed by atoms with Gasteiger partial charge in [-0.05, 0) is 17.7 Å². The lowest BCUT2D eigenvalue weighted by Gasteiger charge is -2.01. The third-order valence-corrected chi connectivity index (χ3v) is 3.39. The molecule has 2 unspecified atom stereocenters. The van der Waals surface area contributed by atoms with E-state index >= 15 is 0 Å². The van der Waals surface area contributed by atoms with Gasteiger partial charge in [0.25, 0.3) is 5.69 Å². The third-order valence-electron chi connectivity index (χ3n) is 3.39. The molecular weight excluding hydrogens is 272 g/mol. The maximum absolute atomic E-state index is 12.3. The molecule has 1 heterocycles. The number of para-hydroxylation sites is 1. The van der Waals surface area contributed by atoms with Crippen LogP contribution in [0.15, 0.2) is 48.5 Å². The molecule has 106 valence electrons. The highest BCUT2D eigenvalue weighted by Gasteiger charge is 2.46. The van der Waals surface area contributed by atoms with E-state index in [9.17, 15) is 14.9 Å². The molecule has 0 bridgehead atoms. The van der Waals surface area contributed by atoms with Crippen molar-refractivity contribution in [2.24, 2.45) is 0 Å². The van der Waals surface area contributed by atoms with Crippen LogP contribution in [0, 0.1) is 10.1 Å². The van der Waals surface area contributed by atoms with Gasteiger partial charge in [-0.25, -0.2) is 0 Å². The average Bonchev–Trinajstić information content (AvgIpc) is 3.28. The molecule has 21 heavy (non-hydrogen) atoms. The van der Waals surface area contributed by atoms with E-state index in [1.54, 1.807) is 36.4 Å². The Bertz CT molecular complexity index is 729. The number of nitrogen functional groups attached to an aromatic ring is 1. The fourth-order valence-electron chi connectivity index (χ4n) is 2.26. The first-order valence-electron chi connectivity index (χ1n) is 6.36. The zero-order valence-electron chi connectivity index (χ0n) is 10.9. The van der Waals surface area contributed by atoms with Crippen molar-refractivity contribution in [2.45, 2.75) is 12.2 Å². The van der Waals surface area contributed by atoms with Gasteiger partial charge in [-0.2, -0.15) is 0 Å². The van der Waals surface area contributed by atoms with Crippen molar-refractivity contribution in [1.82, 2.24) is 0 Å². The number of Topliss-reactive ketones (excluding diaryl/α,β-unsaturated/α-hetero) is 1. The first-order valence-corrected chi connectivity index (χ1v) is 6.36. The van der Waals surface area contributed by atoms with E-state index in [1.165, 1.54) is 12.1 Å². The standard InChI is InChI=1S/C15H12N2O4/c16-12-7-2-1-6-11(12)13(18)15-14(21-15)9-4-3-5-10(8-9)17(19)20/h1-8,14-15H,16H2. The topological polar surface area (TPSA) is 98.8 Å². The van der Waals surface area contributed by atoms with Crippen molar-refractivity contribution >= 4 is 17.2 Å². The molecule has 0 spiro atoms. The van der Waals surface area contributed by atoms with Gasteiger partial charge in [-0.1, -0.05) is 24.3 Å². The van der Waals surface area contributed by atoms with E-state index in [-0.39, 0.29) is 11.5 Å². The fraction of sp³-hybridized carbons (Fsp3) is 0.133. The first kappa shape index (κ1) is 13.3. The maximum atomic E-state index is 12.3. The Labute approximate surface area is 120 Å². The van der Waals surface area contributed by atoms with Crippen LogP contribution in [0.5, 0.6) is 0 Å². The third kappa shape index (κ3) is 2.48. The molecule has 6 nitrogen and oxygen atoms in total. The van der Waals surface area contributed by atoms with Crippen molar-refractivity contribution in [2.75, 3.05) is 5.73 Å². The maximum Gasteiger partial charge on any atom is 0.269 e. The Balaban J connectivity index is 1.80. The lowest BCUT2D eigenvalue weighted by molar-refractivity contribution is -0.384. The zero-order chi connectivity index (χ0) is 15.0. The van der Waals surface area contributed by atoms with E-state index in [4.69, 9.17) is 10.5 Å². The highest BCUT2D eigenvalue weighted by atomic mass is 16.6. The summed E-state index contributed by atoms with van der Waals surface area (Å²) in [7, 11) is 0. The van der Waals surface area contributed by atoms with Crippen molar-refractivity contribution in [1.29, 1.82) is 0 Å². The van der Waals surface area contributed by atoms with Gasteiger partial charge in [-0.15, -0.1) is 0 Å².